The molecular formula is C23H23Cl2N3O6. The molecule has 1 heterocycles. The third-order valence-corrected chi connectivity index (χ3v) is 6.13. The zero-order valence-corrected chi connectivity index (χ0v) is 19.5. The van der Waals surface area contributed by atoms with Gasteiger partial charge in [-0.2, -0.15) is 0 Å². The Bertz CT molecular complexity index is 1070. The van der Waals surface area contributed by atoms with Crippen LogP contribution in [0.5, 0.6) is 0 Å². The summed E-state index contributed by atoms with van der Waals surface area (Å²) < 4.78 is 0. The first kappa shape index (κ1) is 25.3. The first-order valence-electron chi connectivity index (χ1n) is 10.5. The molecule has 2 aromatic rings. The summed E-state index contributed by atoms with van der Waals surface area (Å²) in [6.45, 7) is 0.406. The number of carboxylic acids is 2. The van der Waals surface area contributed by atoms with Gasteiger partial charge in [0, 0.05) is 25.2 Å². The molecule has 11 heteroatoms. The lowest BCUT2D eigenvalue weighted by Gasteiger charge is -2.31. The molecule has 2 atom stereocenters. The van der Waals surface area contributed by atoms with Gasteiger partial charge in [0.25, 0.3) is 5.91 Å². The van der Waals surface area contributed by atoms with Crippen LogP contribution in [-0.2, 0) is 16.0 Å². The summed E-state index contributed by atoms with van der Waals surface area (Å²) in [5.74, 6) is -3.34. The standard InChI is InChI=1S/C23H23Cl2N3O6/c24-16-4-1-5-17(25)19(16)20(29)26-15-8-6-13(7-9-15)11-18(22(32)33)27-23(34)28-10-2-3-14(12-28)21(30)31/h1,4-9,14,18H,2-3,10-12H2,(H,26,29)(H,27,34)(H,30,31)(H,32,33)/t14-,18-/m0/s1. The Balaban J connectivity index is 1.62. The van der Waals surface area contributed by atoms with Crippen molar-refractivity contribution in [3.63, 3.8) is 0 Å². The monoisotopic (exact) mass is 507 g/mol. The van der Waals surface area contributed by atoms with Gasteiger partial charge in [-0.1, -0.05) is 41.4 Å². The Morgan fingerprint density at radius 1 is 1.03 bits per heavy atom. The lowest BCUT2D eigenvalue weighted by atomic mass is 9.98. The molecular weight excluding hydrogens is 485 g/mol. The van der Waals surface area contributed by atoms with Crippen LogP contribution in [0, 0.1) is 5.92 Å². The smallest absolute Gasteiger partial charge is 0.326 e. The lowest BCUT2D eigenvalue weighted by molar-refractivity contribution is -0.143. The number of benzene rings is 2. The zero-order chi connectivity index (χ0) is 24.8. The number of hydrogen-bond donors (Lipinski definition) is 4. The van der Waals surface area contributed by atoms with Gasteiger partial charge >= 0.3 is 18.0 Å². The molecule has 9 nitrogen and oxygen atoms in total. The van der Waals surface area contributed by atoms with Crippen molar-refractivity contribution in [2.45, 2.75) is 25.3 Å². The SMILES string of the molecule is O=C(Nc1ccc(C[C@H](NC(=O)N2CCC[C@H](C(=O)O)C2)C(=O)O)cc1)c1c(Cl)cccc1Cl. The fraction of sp³-hybridized carbons (Fsp3) is 0.304. The first-order chi connectivity index (χ1) is 16.2. The number of urea groups is 1. The highest BCUT2D eigenvalue weighted by atomic mass is 35.5. The molecule has 3 amide bonds. The van der Waals surface area contributed by atoms with Gasteiger partial charge < -0.3 is 25.7 Å². The minimum atomic E-state index is -1.22. The number of amides is 3. The number of aliphatic carboxylic acids is 2. The van der Waals surface area contributed by atoms with Crippen LogP contribution >= 0.6 is 23.2 Å². The number of hydrogen-bond acceptors (Lipinski definition) is 4. The molecule has 0 aromatic heterocycles. The molecule has 34 heavy (non-hydrogen) atoms. The maximum absolute atomic E-state index is 12.5. The van der Waals surface area contributed by atoms with Crippen LogP contribution in [0.15, 0.2) is 42.5 Å². The quantitative estimate of drug-likeness (QED) is 0.450. The largest absolute Gasteiger partial charge is 0.481 e. The molecule has 0 spiro atoms. The Labute approximate surface area is 205 Å². The lowest BCUT2D eigenvalue weighted by Crippen LogP contribution is -2.52. The third kappa shape index (κ3) is 6.39. The van der Waals surface area contributed by atoms with E-state index in [9.17, 15) is 29.4 Å². The normalized spacial score (nSPS) is 16.4. The number of halogens is 2. The number of anilines is 1. The molecule has 0 bridgehead atoms. The molecule has 1 fully saturated rings. The number of likely N-dealkylation sites (tertiary alicyclic amines) is 1. The molecule has 0 radical (unpaired) electrons. The van der Waals surface area contributed by atoms with Crippen molar-refractivity contribution in [3.8, 4) is 0 Å². The zero-order valence-electron chi connectivity index (χ0n) is 18.0. The van der Waals surface area contributed by atoms with E-state index >= 15 is 0 Å². The number of rotatable bonds is 7. The Morgan fingerprint density at radius 3 is 2.26 bits per heavy atom. The summed E-state index contributed by atoms with van der Waals surface area (Å²) in [7, 11) is 0. The van der Waals surface area contributed by atoms with E-state index in [1.54, 1.807) is 42.5 Å². The fourth-order valence-corrected chi connectivity index (χ4v) is 4.24. The molecule has 2 aromatic carbocycles. The second-order valence-electron chi connectivity index (χ2n) is 7.92. The van der Waals surface area contributed by atoms with Crippen molar-refractivity contribution in [2.75, 3.05) is 18.4 Å². The van der Waals surface area contributed by atoms with Crippen LogP contribution in [0.1, 0.15) is 28.8 Å². The summed E-state index contributed by atoms with van der Waals surface area (Å²) in [5.41, 5.74) is 1.21. The summed E-state index contributed by atoms with van der Waals surface area (Å²) in [4.78, 5) is 49.3. The summed E-state index contributed by atoms with van der Waals surface area (Å²) in [6, 6.07) is 9.37. The van der Waals surface area contributed by atoms with Gasteiger partial charge in [-0.15, -0.1) is 0 Å². The third-order valence-electron chi connectivity index (χ3n) is 5.50. The average Bonchev–Trinajstić information content (AvgIpc) is 2.79. The highest BCUT2D eigenvalue weighted by Crippen LogP contribution is 2.25. The van der Waals surface area contributed by atoms with Crippen LogP contribution in [0.25, 0.3) is 0 Å². The van der Waals surface area contributed by atoms with Crippen LogP contribution in [0.2, 0.25) is 10.0 Å². The van der Waals surface area contributed by atoms with E-state index in [0.717, 1.165) is 0 Å². The number of carbonyl (C=O) groups excluding carboxylic acids is 2. The first-order valence-corrected chi connectivity index (χ1v) is 11.3. The van der Waals surface area contributed by atoms with E-state index in [1.807, 2.05) is 0 Å². The molecule has 180 valence electrons. The molecule has 1 aliphatic rings. The molecule has 0 aliphatic carbocycles. The number of carboxylic acid groups (broad SMARTS) is 2. The highest BCUT2D eigenvalue weighted by Gasteiger charge is 2.30. The van der Waals surface area contributed by atoms with Crippen molar-refractivity contribution in [1.82, 2.24) is 10.2 Å². The maximum Gasteiger partial charge on any atom is 0.326 e. The fourth-order valence-electron chi connectivity index (χ4n) is 3.67. The molecule has 4 N–H and O–H groups in total. The second-order valence-corrected chi connectivity index (χ2v) is 8.73. The van der Waals surface area contributed by atoms with Crippen molar-refractivity contribution >= 4 is 52.8 Å². The summed E-state index contributed by atoms with van der Waals surface area (Å²) in [6.07, 6.45) is 1.02. The van der Waals surface area contributed by atoms with Crippen molar-refractivity contribution < 1.29 is 29.4 Å². The molecule has 1 aliphatic heterocycles. The van der Waals surface area contributed by atoms with Crippen LogP contribution in [-0.4, -0.2) is 58.1 Å². The van der Waals surface area contributed by atoms with Crippen molar-refractivity contribution in [1.29, 1.82) is 0 Å². The van der Waals surface area contributed by atoms with E-state index < -0.39 is 35.8 Å². The van der Waals surface area contributed by atoms with E-state index in [1.165, 1.54) is 4.90 Å². The minimum absolute atomic E-state index is 0.00183. The van der Waals surface area contributed by atoms with Crippen molar-refractivity contribution in [2.24, 2.45) is 5.92 Å². The summed E-state index contributed by atoms with van der Waals surface area (Å²) >= 11 is 12.1. The van der Waals surface area contributed by atoms with Gasteiger partial charge in [0.2, 0.25) is 0 Å². The molecule has 3 rings (SSSR count). The van der Waals surface area contributed by atoms with E-state index in [-0.39, 0.29) is 28.6 Å². The Morgan fingerprint density at radius 2 is 1.68 bits per heavy atom. The van der Waals surface area contributed by atoms with Crippen LogP contribution in [0.3, 0.4) is 0 Å². The van der Waals surface area contributed by atoms with Crippen LogP contribution in [0.4, 0.5) is 10.5 Å². The van der Waals surface area contributed by atoms with Gasteiger partial charge in [0.15, 0.2) is 0 Å². The predicted molar refractivity (Wildman–Crippen MR) is 126 cm³/mol. The number of nitrogens with one attached hydrogen (secondary N) is 2. The van der Waals surface area contributed by atoms with Gasteiger partial charge in [0.05, 0.1) is 21.5 Å². The predicted octanol–water partition coefficient (Wildman–Crippen LogP) is 3.75. The molecule has 1 saturated heterocycles. The molecule has 0 saturated carbocycles. The van der Waals surface area contributed by atoms with Gasteiger partial charge in [-0.3, -0.25) is 9.59 Å². The Hall–Kier alpha value is -3.30. The number of piperidine rings is 1. The maximum atomic E-state index is 12.5. The number of nitrogens with zero attached hydrogens (tertiary/aromatic N) is 1. The van der Waals surface area contributed by atoms with E-state index in [0.29, 0.717) is 30.6 Å². The summed E-state index contributed by atoms with van der Waals surface area (Å²) in [5, 5.41) is 24.3. The second kappa shape index (κ2) is 11.2. The Kier molecular flexibility index (Phi) is 8.36. The number of carbonyl (C=O) groups is 4. The van der Waals surface area contributed by atoms with Gasteiger partial charge in [-0.25, -0.2) is 9.59 Å². The van der Waals surface area contributed by atoms with Crippen LogP contribution < -0.4 is 10.6 Å². The van der Waals surface area contributed by atoms with Gasteiger partial charge in [0.1, 0.15) is 6.04 Å². The van der Waals surface area contributed by atoms with E-state index in [4.69, 9.17) is 23.2 Å². The topological polar surface area (TPSA) is 136 Å². The van der Waals surface area contributed by atoms with E-state index in [2.05, 4.69) is 10.6 Å². The van der Waals surface area contributed by atoms with Crippen molar-refractivity contribution in [3.05, 3.63) is 63.6 Å². The highest BCUT2D eigenvalue weighted by molar-refractivity contribution is 6.40. The van der Waals surface area contributed by atoms with Gasteiger partial charge in [-0.05, 0) is 42.7 Å². The average molecular weight is 508 g/mol. The molecule has 0 unspecified atom stereocenters. The minimum Gasteiger partial charge on any atom is -0.481 e.